The number of rotatable bonds is 3. The van der Waals surface area contributed by atoms with Gasteiger partial charge in [0.25, 0.3) is 0 Å². The highest BCUT2D eigenvalue weighted by atomic mass is 35.5. The predicted octanol–water partition coefficient (Wildman–Crippen LogP) is 4.61. The number of amides is 1. The van der Waals surface area contributed by atoms with Gasteiger partial charge in [0.15, 0.2) is 17.3 Å². The molecular weight excluding hydrogens is 406 g/mol. The van der Waals surface area contributed by atoms with E-state index < -0.39 is 0 Å². The molecule has 0 radical (unpaired) electrons. The highest BCUT2D eigenvalue weighted by Gasteiger charge is 2.41. The van der Waals surface area contributed by atoms with Gasteiger partial charge in [0, 0.05) is 29.1 Å². The van der Waals surface area contributed by atoms with Crippen molar-refractivity contribution in [3.63, 3.8) is 0 Å². The lowest BCUT2D eigenvalue weighted by Crippen LogP contribution is -2.27. The highest BCUT2D eigenvalue weighted by molar-refractivity contribution is 6.30. The molecule has 0 saturated heterocycles. The average Bonchev–Trinajstić information content (AvgIpc) is 3.28. The van der Waals surface area contributed by atoms with E-state index in [-0.39, 0.29) is 17.7 Å². The molecule has 7 nitrogen and oxygen atoms in total. The number of carbonyl (C=O) groups is 1. The average molecular weight is 424 g/mol. The number of furan rings is 1. The van der Waals surface area contributed by atoms with Crippen molar-refractivity contribution in [1.82, 2.24) is 9.99 Å². The molecule has 30 heavy (non-hydrogen) atoms. The molecule has 1 fully saturated rings. The van der Waals surface area contributed by atoms with Crippen LogP contribution in [0.5, 0.6) is 11.5 Å². The summed E-state index contributed by atoms with van der Waals surface area (Å²) in [6, 6.07) is 8.74. The number of aromatic nitrogens is 1. The Kier molecular flexibility index (Phi) is 3.99. The number of hydrazone groups is 1. The number of carbonyl (C=O) groups excluding carboxylic acids is 1. The first-order chi connectivity index (χ1) is 14.7. The third-order valence-corrected chi connectivity index (χ3v) is 6.04. The summed E-state index contributed by atoms with van der Waals surface area (Å²) in [5.41, 5.74) is 2.52. The Morgan fingerprint density at radius 1 is 1.13 bits per heavy atom. The number of fused-ring (bicyclic) bond motifs is 2. The van der Waals surface area contributed by atoms with Crippen molar-refractivity contribution in [2.75, 3.05) is 13.2 Å². The fourth-order valence-electron chi connectivity index (χ4n) is 4.08. The van der Waals surface area contributed by atoms with E-state index in [2.05, 4.69) is 10.1 Å². The lowest BCUT2D eigenvalue weighted by molar-refractivity contribution is 0.0678. The van der Waals surface area contributed by atoms with Gasteiger partial charge in [0.1, 0.15) is 18.4 Å². The van der Waals surface area contributed by atoms with Gasteiger partial charge in [-0.1, -0.05) is 11.6 Å². The molecule has 8 heteroatoms. The zero-order chi connectivity index (χ0) is 20.2. The zero-order valence-electron chi connectivity index (χ0n) is 16.0. The van der Waals surface area contributed by atoms with Gasteiger partial charge in [-0.05, 0) is 43.0 Å². The predicted molar refractivity (Wildman–Crippen MR) is 110 cm³/mol. The zero-order valence-corrected chi connectivity index (χ0v) is 16.8. The van der Waals surface area contributed by atoms with Crippen molar-refractivity contribution in [1.29, 1.82) is 0 Å². The summed E-state index contributed by atoms with van der Waals surface area (Å²) in [7, 11) is 0. The molecule has 152 valence electrons. The summed E-state index contributed by atoms with van der Waals surface area (Å²) in [6.45, 7) is 1.02. The van der Waals surface area contributed by atoms with Crippen molar-refractivity contribution < 1.29 is 18.7 Å². The summed E-state index contributed by atoms with van der Waals surface area (Å²) in [5, 5.41) is 7.40. The van der Waals surface area contributed by atoms with Crippen molar-refractivity contribution in [3.05, 3.63) is 53.1 Å². The Labute approximate surface area is 177 Å². The molecule has 1 aliphatic carbocycles. The maximum absolute atomic E-state index is 13.1. The number of hydrogen-bond acceptors (Lipinski definition) is 6. The van der Waals surface area contributed by atoms with Crippen LogP contribution in [0.15, 0.2) is 46.1 Å². The van der Waals surface area contributed by atoms with E-state index in [1.54, 1.807) is 12.1 Å². The van der Waals surface area contributed by atoms with Crippen LogP contribution >= 0.6 is 11.6 Å². The molecule has 4 heterocycles. The lowest BCUT2D eigenvalue weighted by atomic mass is 9.99. The maximum Gasteiger partial charge on any atom is 0.310 e. The van der Waals surface area contributed by atoms with Crippen LogP contribution in [0.2, 0.25) is 5.15 Å². The molecule has 1 aromatic carbocycles. The van der Waals surface area contributed by atoms with Gasteiger partial charge in [0.2, 0.25) is 0 Å². The molecule has 0 N–H and O–H groups in total. The van der Waals surface area contributed by atoms with Crippen LogP contribution in [-0.2, 0) is 0 Å². The second-order valence-corrected chi connectivity index (χ2v) is 8.13. The van der Waals surface area contributed by atoms with Gasteiger partial charge >= 0.3 is 5.91 Å². The fourth-order valence-corrected chi connectivity index (χ4v) is 4.35. The summed E-state index contributed by atoms with van der Waals surface area (Å²) < 4.78 is 16.7. The van der Waals surface area contributed by atoms with Crippen molar-refractivity contribution in [2.24, 2.45) is 11.0 Å². The Morgan fingerprint density at radius 3 is 2.67 bits per heavy atom. The normalized spacial score (nSPS) is 20.5. The highest BCUT2D eigenvalue weighted by Crippen LogP contribution is 2.43. The first-order valence-corrected chi connectivity index (χ1v) is 10.4. The summed E-state index contributed by atoms with van der Waals surface area (Å²) in [6.07, 6.45) is 4.36. The van der Waals surface area contributed by atoms with Crippen LogP contribution in [0.25, 0.3) is 10.9 Å². The summed E-state index contributed by atoms with van der Waals surface area (Å²) in [4.78, 5) is 17.7. The van der Waals surface area contributed by atoms with E-state index >= 15 is 0 Å². The maximum atomic E-state index is 13.1. The molecular formula is C22H18ClN3O4. The van der Waals surface area contributed by atoms with E-state index in [4.69, 9.17) is 25.5 Å². The van der Waals surface area contributed by atoms with Crippen LogP contribution < -0.4 is 9.47 Å². The number of benzene rings is 1. The van der Waals surface area contributed by atoms with Crippen LogP contribution in [0, 0.1) is 5.92 Å². The molecule has 6 rings (SSSR count). The SMILES string of the molecule is O=C(c1ccco1)N1N=C(C2CC2)C[C@@H]1c1cc2cc3c(cc2nc1Cl)OCCO3. The van der Waals surface area contributed by atoms with Crippen LogP contribution in [0.4, 0.5) is 0 Å². The molecule has 0 spiro atoms. The van der Waals surface area contributed by atoms with Gasteiger partial charge in [0.05, 0.1) is 17.8 Å². The minimum atomic E-state index is -0.323. The number of halogens is 1. The molecule has 0 unspecified atom stereocenters. The van der Waals surface area contributed by atoms with Gasteiger partial charge in [-0.25, -0.2) is 9.99 Å². The monoisotopic (exact) mass is 423 g/mol. The molecule has 1 atom stereocenters. The lowest BCUT2D eigenvalue weighted by Gasteiger charge is -2.23. The molecule has 0 bridgehead atoms. The molecule has 3 aromatic rings. The quantitative estimate of drug-likeness (QED) is 0.575. The third-order valence-electron chi connectivity index (χ3n) is 5.74. The van der Waals surface area contributed by atoms with Crippen LogP contribution in [-0.4, -0.2) is 34.8 Å². The largest absolute Gasteiger partial charge is 0.486 e. The molecule has 2 aromatic heterocycles. The Balaban J connectivity index is 1.42. The van der Waals surface area contributed by atoms with E-state index in [1.807, 2.05) is 18.2 Å². The van der Waals surface area contributed by atoms with E-state index in [9.17, 15) is 4.79 Å². The topological polar surface area (TPSA) is 77.2 Å². The summed E-state index contributed by atoms with van der Waals surface area (Å²) in [5.74, 6) is 1.78. The number of pyridine rings is 1. The smallest absolute Gasteiger partial charge is 0.310 e. The second-order valence-electron chi connectivity index (χ2n) is 7.77. The number of hydrogen-bond donors (Lipinski definition) is 0. The van der Waals surface area contributed by atoms with E-state index in [1.165, 1.54) is 11.3 Å². The second kappa shape index (κ2) is 6.74. The first-order valence-electron chi connectivity index (χ1n) is 10.0. The molecule has 1 amide bonds. The van der Waals surface area contributed by atoms with Gasteiger partial charge in [-0.15, -0.1) is 0 Å². The Bertz CT molecular complexity index is 1190. The number of ether oxygens (including phenoxy) is 2. The molecule has 2 aliphatic heterocycles. The van der Waals surface area contributed by atoms with Crippen molar-refractivity contribution >= 4 is 34.1 Å². The minimum absolute atomic E-state index is 0.255. The van der Waals surface area contributed by atoms with Crippen molar-refractivity contribution in [2.45, 2.75) is 25.3 Å². The third kappa shape index (κ3) is 2.92. The van der Waals surface area contributed by atoms with Crippen LogP contribution in [0.1, 0.15) is 41.4 Å². The standard InChI is InChI=1S/C22H18ClN3O4/c23-21-14(8-13-9-19-20(11-15(13)24-21)30-7-6-29-19)17-10-16(12-3-4-12)25-26(17)22(27)18-2-1-5-28-18/h1-2,5,8-9,11-12,17H,3-4,6-7,10H2/t17-/m1/s1. The van der Waals surface area contributed by atoms with E-state index in [0.717, 1.165) is 35.0 Å². The molecule has 1 saturated carbocycles. The number of nitrogens with zero attached hydrogens (tertiary/aromatic N) is 3. The first kappa shape index (κ1) is 17.8. The van der Waals surface area contributed by atoms with Crippen LogP contribution in [0.3, 0.4) is 0 Å². The Morgan fingerprint density at radius 2 is 1.93 bits per heavy atom. The van der Waals surface area contributed by atoms with E-state index in [0.29, 0.717) is 42.2 Å². The molecule has 3 aliphatic rings. The minimum Gasteiger partial charge on any atom is -0.486 e. The van der Waals surface area contributed by atoms with Gasteiger partial charge in [-0.3, -0.25) is 4.79 Å². The summed E-state index contributed by atoms with van der Waals surface area (Å²) >= 11 is 6.61. The fraction of sp³-hybridized carbons (Fsp3) is 0.318. The van der Waals surface area contributed by atoms with Gasteiger partial charge < -0.3 is 13.9 Å². The Hall–Kier alpha value is -3.06. The van der Waals surface area contributed by atoms with Crippen molar-refractivity contribution in [3.8, 4) is 11.5 Å². The van der Waals surface area contributed by atoms with Gasteiger partial charge in [-0.2, -0.15) is 5.10 Å².